The molecule has 4 nitrogen and oxygen atoms in total. The van der Waals surface area contributed by atoms with Crippen LogP contribution in [0, 0.1) is 0 Å². The van der Waals surface area contributed by atoms with Crippen molar-refractivity contribution >= 4 is 12.4 Å². The van der Waals surface area contributed by atoms with Gasteiger partial charge in [0, 0.05) is 34.7 Å². The lowest BCUT2D eigenvalue weighted by Gasteiger charge is -2.42. The molecule has 0 bridgehead atoms. The molecule has 0 spiro atoms. The number of hydrogen-bond donors (Lipinski definition) is 2. The van der Waals surface area contributed by atoms with Gasteiger partial charge in [-0.05, 0) is 49.2 Å². The van der Waals surface area contributed by atoms with Gasteiger partial charge in [-0.25, -0.2) is 0 Å². The van der Waals surface area contributed by atoms with E-state index in [1.807, 2.05) is 0 Å². The third kappa shape index (κ3) is 9.01. The fraction of sp³-hybridized carbons (Fsp3) is 0.611. The van der Waals surface area contributed by atoms with E-state index in [1.165, 1.54) is 0 Å². The molecule has 0 aliphatic heterocycles. The van der Waals surface area contributed by atoms with Crippen LogP contribution < -0.4 is 0 Å². The highest BCUT2D eigenvalue weighted by Gasteiger charge is 2.97. The maximum absolute atomic E-state index is 15.0. The van der Waals surface area contributed by atoms with Crippen molar-refractivity contribution in [3.8, 4) is 11.5 Å². The molecule has 0 amide bonds. The minimum atomic E-state index is -8.96. The highest BCUT2D eigenvalue weighted by molar-refractivity contribution is 5.85. The van der Waals surface area contributed by atoms with E-state index in [1.54, 1.807) is 0 Å². The van der Waals surface area contributed by atoms with Crippen LogP contribution in [0.3, 0.4) is 0 Å². The SMILES string of the molecule is Oc1ccc(C(F)(F)C(F)(F)C(F)(F)C(F)(F)C(F)(F)C(F)(F)C(F)(F)C(F)(F)F)cc1C=N[C@@H]1CCCC[C@H]1N=Cc1cc(C(F)(F)C(F)(F)C(F)(F)C(F)(F)C(F)(F)C(F)(F)C(F)(F)C(F)(F)F)ccc1O. The number of aliphatic imine (C=N–C) groups is 2. The van der Waals surface area contributed by atoms with E-state index < -0.39 is 165 Å². The summed E-state index contributed by atoms with van der Waals surface area (Å²) in [6.07, 6.45) is -16.7. The molecule has 1 aliphatic carbocycles. The molecule has 38 heteroatoms. The van der Waals surface area contributed by atoms with Gasteiger partial charge in [-0.3, -0.25) is 9.98 Å². The topological polar surface area (TPSA) is 65.2 Å². The fourth-order valence-electron chi connectivity index (χ4n) is 6.19. The van der Waals surface area contributed by atoms with Crippen LogP contribution >= 0.6 is 0 Å². The van der Waals surface area contributed by atoms with Gasteiger partial charge in [-0.1, -0.05) is 12.8 Å². The van der Waals surface area contributed by atoms with Crippen LogP contribution in [0.4, 0.5) is 149 Å². The molecule has 2 aromatic carbocycles. The number of hydrogen-bond acceptors (Lipinski definition) is 4. The summed E-state index contributed by atoms with van der Waals surface area (Å²) in [6.45, 7) is 0. The van der Waals surface area contributed by atoms with Gasteiger partial charge in [0.05, 0.1) is 12.1 Å². The molecule has 1 saturated carbocycles. The number of alkyl halides is 34. The normalized spacial score (nSPS) is 19.0. The second-order valence-electron chi connectivity index (χ2n) is 15.6. The Labute approximate surface area is 385 Å². The van der Waals surface area contributed by atoms with Crippen LogP contribution in [-0.4, -0.2) is 118 Å². The van der Waals surface area contributed by atoms with E-state index in [2.05, 4.69) is 9.98 Å². The largest absolute Gasteiger partial charge is 0.507 e. The Kier molecular flexibility index (Phi) is 15.7. The molecule has 2 aromatic rings. The lowest BCUT2D eigenvalue weighted by atomic mass is 9.87. The van der Waals surface area contributed by atoms with Gasteiger partial charge < -0.3 is 10.2 Å². The third-order valence-electron chi connectivity index (χ3n) is 10.7. The average Bonchev–Trinajstić information content (AvgIpc) is 3.24. The van der Waals surface area contributed by atoms with Crippen LogP contribution in [0.5, 0.6) is 11.5 Å². The summed E-state index contributed by atoms with van der Waals surface area (Å²) in [5, 5.41) is 20.1. The highest BCUT2D eigenvalue weighted by atomic mass is 19.4. The second kappa shape index (κ2) is 18.3. The molecular weight excluding hydrogens is 1140 g/mol. The van der Waals surface area contributed by atoms with Crippen molar-refractivity contribution in [2.75, 3.05) is 0 Å². The van der Waals surface area contributed by atoms with Crippen molar-refractivity contribution in [1.29, 1.82) is 0 Å². The zero-order valence-corrected chi connectivity index (χ0v) is 34.2. The number of phenolic OH excluding ortho intramolecular Hbond substituents is 2. The monoisotopic (exact) mass is 1160 g/mol. The molecule has 0 aromatic heterocycles. The van der Waals surface area contributed by atoms with Gasteiger partial charge in [0.25, 0.3) is 0 Å². The molecule has 1 fully saturated rings. The molecule has 3 rings (SSSR count). The molecule has 0 heterocycles. The number of benzene rings is 2. The molecule has 2 atom stereocenters. The number of nitrogens with zero attached hydrogens (tertiary/aromatic N) is 2. The first-order valence-electron chi connectivity index (χ1n) is 18.6. The predicted octanol–water partition coefficient (Wildman–Crippen LogP) is 14.9. The molecule has 74 heavy (non-hydrogen) atoms. The summed E-state index contributed by atoms with van der Waals surface area (Å²) in [5.41, 5.74) is -8.48. The first kappa shape index (κ1) is 63.3. The Balaban J connectivity index is 2.04. The van der Waals surface area contributed by atoms with Crippen molar-refractivity contribution in [3.63, 3.8) is 0 Å². The summed E-state index contributed by atoms with van der Waals surface area (Å²) in [6, 6.07) is -6.01. The Hall–Kier alpha value is -5.00. The van der Waals surface area contributed by atoms with Crippen molar-refractivity contribution in [2.24, 2.45) is 9.98 Å². The van der Waals surface area contributed by atoms with E-state index in [0.717, 1.165) is 0 Å². The fourth-order valence-corrected chi connectivity index (χ4v) is 6.19. The van der Waals surface area contributed by atoms with Crippen molar-refractivity contribution in [3.05, 3.63) is 58.7 Å². The molecule has 424 valence electrons. The zero-order valence-electron chi connectivity index (χ0n) is 34.2. The second-order valence-corrected chi connectivity index (χ2v) is 15.6. The average molecular weight is 1160 g/mol. The standard InChI is InChI=1S/C36H20F34N2O2/c37-21(38,23(41,42)25(45,46)27(49,50)29(53,54)31(57,58)33(61,62)35(65,66)67)15-5-7-19(73)13(9-15)11-71-17-3-1-2-4-18(17)72-12-14-10-16(6-8-20(14)74)22(39,40)24(43,44)26(47,48)28(51,52)30(55,56)32(59,60)34(63,64)36(68,69)70/h5-12,17-18,73-74H,1-4H2/t17-,18-/m1/s1. The van der Waals surface area contributed by atoms with E-state index in [0.29, 0.717) is 0 Å². The summed E-state index contributed by atoms with van der Waals surface area (Å²) >= 11 is 0. The maximum Gasteiger partial charge on any atom is 0.460 e. The predicted molar refractivity (Wildman–Crippen MR) is 177 cm³/mol. The van der Waals surface area contributed by atoms with Gasteiger partial charge >= 0.3 is 95.3 Å². The van der Waals surface area contributed by atoms with Gasteiger partial charge in [0.1, 0.15) is 11.5 Å². The van der Waals surface area contributed by atoms with Crippen molar-refractivity contribution in [1.82, 2.24) is 0 Å². The Morgan fingerprint density at radius 3 is 0.770 bits per heavy atom. The number of phenols is 2. The smallest absolute Gasteiger partial charge is 0.460 e. The van der Waals surface area contributed by atoms with E-state index >= 15 is 17.6 Å². The quantitative estimate of drug-likeness (QED) is 0.115. The number of aromatic hydroxyl groups is 2. The van der Waals surface area contributed by atoms with Crippen LogP contribution in [0.1, 0.15) is 47.9 Å². The number of halogens is 34. The van der Waals surface area contributed by atoms with Crippen LogP contribution in [0.15, 0.2) is 46.4 Å². The van der Waals surface area contributed by atoms with Crippen LogP contribution in [0.2, 0.25) is 0 Å². The van der Waals surface area contributed by atoms with Gasteiger partial charge in [0.15, 0.2) is 0 Å². The lowest BCUT2D eigenvalue weighted by Crippen LogP contribution is -2.74. The van der Waals surface area contributed by atoms with Crippen LogP contribution in [0.25, 0.3) is 0 Å². The third-order valence-corrected chi connectivity index (χ3v) is 10.7. The van der Waals surface area contributed by atoms with E-state index in [9.17, 15) is 142 Å². The van der Waals surface area contributed by atoms with E-state index in [4.69, 9.17) is 0 Å². The van der Waals surface area contributed by atoms with Gasteiger partial charge in [-0.15, -0.1) is 0 Å². The van der Waals surface area contributed by atoms with Gasteiger partial charge in [-0.2, -0.15) is 149 Å². The minimum absolute atomic E-state index is 0.0219. The van der Waals surface area contributed by atoms with Crippen molar-refractivity contribution in [2.45, 2.75) is 133 Å². The van der Waals surface area contributed by atoms with Gasteiger partial charge in [0.2, 0.25) is 0 Å². The molecule has 0 saturated heterocycles. The highest BCUT2D eigenvalue weighted by Crippen LogP contribution is 2.67. The summed E-state index contributed by atoms with van der Waals surface area (Å²) in [7, 11) is 0. The van der Waals surface area contributed by atoms with Crippen LogP contribution in [-0.2, 0) is 11.8 Å². The zero-order chi connectivity index (χ0) is 58.5. The van der Waals surface area contributed by atoms with Crippen molar-refractivity contribution < 1.29 is 159 Å². The van der Waals surface area contributed by atoms with E-state index in [-0.39, 0.29) is 50.2 Å². The molecule has 0 unspecified atom stereocenters. The Morgan fingerprint density at radius 1 is 0.324 bits per heavy atom. The molecule has 1 aliphatic rings. The minimum Gasteiger partial charge on any atom is -0.507 e. The molecule has 2 N–H and O–H groups in total. The Morgan fingerprint density at radius 2 is 0.541 bits per heavy atom. The summed E-state index contributed by atoms with van der Waals surface area (Å²) < 4.78 is 470. The first-order chi connectivity index (χ1) is 32.4. The first-order valence-corrected chi connectivity index (χ1v) is 18.6. The number of rotatable bonds is 18. The lowest BCUT2D eigenvalue weighted by molar-refractivity contribution is -0.462. The summed E-state index contributed by atoms with van der Waals surface area (Å²) in [4.78, 5) is 7.21. The molecular formula is C36H20F34N2O2. The maximum atomic E-state index is 15.0. The summed E-state index contributed by atoms with van der Waals surface area (Å²) in [5.74, 6) is -121. The molecule has 0 radical (unpaired) electrons. The Bertz CT molecular complexity index is 2250.